The number of hydrogen-bond acceptors (Lipinski definition) is 5. The summed E-state index contributed by atoms with van der Waals surface area (Å²) in [7, 11) is 1.54. The molecule has 1 saturated carbocycles. The van der Waals surface area contributed by atoms with Crippen molar-refractivity contribution in [1.29, 1.82) is 5.26 Å². The lowest BCUT2D eigenvalue weighted by Crippen LogP contribution is -2.42. The van der Waals surface area contributed by atoms with Gasteiger partial charge in [0.1, 0.15) is 17.4 Å². The van der Waals surface area contributed by atoms with Gasteiger partial charge in [0.05, 0.1) is 5.56 Å². The second-order valence-electron chi connectivity index (χ2n) is 5.28. The van der Waals surface area contributed by atoms with Gasteiger partial charge in [0.25, 0.3) is 5.91 Å². The Morgan fingerprint density at radius 1 is 1.32 bits per heavy atom. The highest BCUT2D eigenvalue weighted by Crippen LogP contribution is 2.34. The third kappa shape index (κ3) is 3.26. The summed E-state index contributed by atoms with van der Waals surface area (Å²) < 4.78 is 10.4. The van der Waals surface area contributed by atoms with Crippen molar-refractivity contribution < 1.29 is 19.1 Å². The van der Waals surface area contributed by atoms with Gasteiger partial charge in [0.15, 0.2) is 0 Å². The van der Waals surface area contributed by atoms with E-state index < -0.39 is 11.6 Å². The summed E-state index contributed by atoms with van der Waals surface area (Å²) in [5.74, 6) is -0.537. The van der Waals surface area contributed by atoms with Crippen LogP contribution in [-0.4, -0.2) is 24.6 Å². The van der Waals surface area contributed by atoms with Crippen LogP contribution in [0.3, 0.4) is 0 Å². The van der Waals surface area contributed by atoms with E-state index in [-0.39, 0.29) is 17.2 Å². The Morgan fingerprint density at radius 3 is 2.55 bits per heavy atom. The standard InChI is InChI=1S/C16H18N2O4/c1-11(19)22-14-6-5-13(9-12(14)10-17)18-15(20)16(21-2)7-3-4-8-16/h5-6,9H,3-4,7-8H2,1-2H3,(H,18,20). The van der Waals surface area contributed by atoms with Crippen LogP contribution >= 0.6 is 0 Å². The molecule has 1 N–H and O–H groups in total. The number of carbonyl (C=O) groups excluding carboxylic acids is 2. The molecule has 116 valence electrons. The molecule has 0 aliphatic heterocycles. The second kappa shape index (κ2) is 6.58. The third-order valence-electron chi connectivity index (χ3n) is 3.83. The Bertz CT molecular complexity index is 628. The highest BCUT2D eigenvalue weighted by molar-refractivity contribution is 5.97. The topological polar surface area (TPSA) is 88.4 Å². The lowest BCUT2D eigenvalue weighted by Gasteiger charge is -2.26. The lowest BCUT2D eigenvalue weighted by molar-refractivity contribution is -0.137. The SMILES string of the molecule is COC1(C(=O)Nc2ccc(OC(C)=O)c(C#N)c2)CCCC1. The second-order valence-corrected chi connectivity index (χ2v) is 5.28. The number of rotatable bonds is 4. The van der Waals surface area contributed by atoms with Crippen molar-refractivity contribution in [3.05, 3.63) is 23.8 Å². The Labute approximate surface area is 129 Å². The Balaban J connectivity index is 2.18. The molecule has 6 heteroatoms. The van der Waals surface area contributed by atoms with Crippen molar-refractivity contribution in [1.82, 2.24) is 0 Å². The summed E-state index contributed by atoms with van der Waals surface area (Å²) in [6.07, 6.45) is 3.28. The first-order valence-electron chi connectivity index (χ1n) is 7.10. The van der Waals surface area contributed by atoms with Gasteiger partial charge in [-0.05, 0) is 43.9 Å². The van der Waals surface area contributed by atoms with Gasteiger partial charge in [-0.25, -0.2) is 0 Å². The fraction of sp³-hybridized carbons (Fsp3) is 0.438. The zero-order valence-electron chi connectivity index (χ0n) is 12.6. The van der Waals surface area contributed by atoms with E-state index in [1.807, 2.05) is 6.07 Å². The van der Waals surface area contributed by atoms with E-state index >= 15 is 0 Å². The van der Waals surface area contributed by atoms with E-state index in [1.54, 1.807) is 6.07 Å². The minimum absolute atomic E-state index is 0.176. The van der Waals surface area contributed by atoms with Gasteiger partial charge in [0, 0.05) is 19.7 Å². The number of ether oxygens (including phenoxy) is 2. The van der Waals surface area contributed by atoms with Crippen molar-refractivity contribution >= 4 is 17.6 Å². The number of nitriles is 1. The number of esters is 1. The van der Waals surface area contributed by atoms with E-state index in [1.165, 1.54) is 26.2 Å². The Hall–Kier alpha value is -2.39. The molecule has 0 saturated heterocycles. The minimum atomic E-state index is -0.790. The molecule has 1 aliphatic rings. The van der Waals surface area contributed by atoms with Gasteiger partial charge in [-0.2, -0.15) is 5.26 Å². The average molecular weight is 302 g/mol. The molecule has 6 nitrogen and oxygen atoms in total. The summed E-state index contributed by atoms with van der Waals surface area (Å²) in [5.41, 5.74) is -0.131. The van der Waals surface area contributed by atoms with Crippen molar-refractivity contribution in [3.63, 3.8) is 0 Å². The zero-order valence-corrected chi connectivity index (χ0v) is 12.6. The van der Waals surface area contributed by atoms with E-state index in [4.69, 9.17) is 14.7 Å². The van der Waals surface area contributed by atoms with Crippen LogP contribution in [0, 0.1) is 11.3 Å². The molecular formula is C16H18N2O4. The van der Waals surface area contributed by atoms with Crippen LogP contribution in [-0.2, 0) is 14.3 Å². The molecule has 1 aliphatic carbocycles. The largest absolute Gasteiger partial charge is 0.425 e. The van der Waals surface area contributed by atoms with Crippen LogP contribution in [0.25, 0.3) is 0 Å². The van der Waals surface area contributed by atoms with Crippen molar-refractivity contribution in [2.24, 2.45) is 0 Å². The zero-order chi connectivity index (χ0) is 16.2. The monoisotopic (exact) mass is 302 g/mol. The van der Waals surface area contributed by atoms with E-state index in [9.17, 15) is 9.59 Å². The molecule has 1 fully saturated rings. The van der Waals surface area contributed by atoms with Gasteiger partial charge >= 0.3 is 5.97 Å². The van der Waals surface area contributed by atoms with Gasteiger partial charge in [0.2, 0.25) is 0 Å². The Kier molecular flexibility index (Phi) is 4.78. The molecule has 2 rings (SSSR count). The maximum Gasteiger partial charge on any atom is 0.308 e. The molecule has 1 amide bonds. The first kappa shape index (κ1) is 16.0. The number of hydrogen-bond donors (Lipinski definition) is 1. The van der Waals surface area contributed by atoms with Crippen molar-refractivity contribution in [2.45, 2.75) is 38.2 Å². The number of anilines is 1. The number of methoxy groups -OCH3 is 1. The highest BCUT2D eigenvalue weighted by atomic mass is 16.5. The summed E-state index contributed by atoms with van der Waals surface area (Å²) in [6, 6.07) is 6.51. The quantitative estimate of drug-likeness (QED) is 0.681. The number of nitrogens with zero attached hydrogens (tertiary/aromatic N) is 1. The fourth-order valence-electron chi connectivity index (χ4n) is 2.65. The van der Waals surface area contributed by atoms with Crippen LogP contribution in [0.4, 0.5) is 5.69 Å². The molecule has 0 bridgehead atoms. The molecule has 0 radical (unpaired) electrons. The Morgan fingerprint density at radius 2 is 2.00 bits per heavy atom. The number of nitrogens with one attached hydrogen (secondary N) is 1. The lowest BCUT2D eigenvalue weighted by atomic mass is 10.0. The van der Waals surface area contributed by atoms with E-state index in [0.717, 1.165) is 12.8 Å². The summed E-state index contributed by atoms with van der Waals surface area (Å²) in [6.45, 7) is 1.26. The minimum Gasteiger partial charge on any atom is -0.425 e. The summed E-state index contributed by atoms with van der Waals surface area (Å²) in [4.78, 5) is 23.4. The van der Waals surface area contributed by atoms with E-state index in [0.29, 0.717) is 18.5 Å². The first-order valence-corrected chi connectivity index (χ1v) is 7.10. The first-order chi connectivity index (χ1) is 10.5. The van der Waals surface area contributed by atoms with Crippen LogP contribution in [0.5, 0.6) is 5.75 Å². The van der Waals surface area contributed by atoms with Crippen LogP contribution in [0.1, 0.15) is 38.2 Å². The normalized spacial score (nSPS) is 15.9. The molecule has 0 spiro atoms. The smallest absolute Gasteiger partial charge is 0.308 e. The molecule has 22 heavy (non-hydrogen) atoms. The number of benzene rings is 1. The molecule has 0 aromatic heterocycles. The summed E-state index contributed by atoms with van der Waals surface area (Å²) in [5, 5.41) is 11.9. The third-order valence-corrected chi connectivity index (χ3v) is 3.83. The van der Waals surface area contributed by atoms with Crippen LogP contribution in [0.15, 0.2) is 18.2 Å². The van der Waals surface area contributed by atoms with Crippen molar-refractivity contribution in [3.8, 4) is 11.8 Å². The van der Waals surface area contributed by atoms with Crippen molar-refractivity contribution in [2.75, 3.05) is 12.4 Å². The predicted octanol–water partition coefficient (Wildman–Crippen LogP) is 2.38. The van der Waals surface area contributed by atoms with Crippen LogP contribution < -0.4 is 10.1 Å². The molecule has 0 unspecified atom stereocenters. The highest BCUT2D eigenvalue weighted by Gasteiger charge is 2.41. The molecule has 0 heterocycles. The molecule has 1 aromatic carbocycles. The number of amides is 1. The average Bonchev–Trinajstić information content (AvgIpc) is 2.98. The van der Waals surface area contributed by atoms with E-state index in [2.05, 4.69) is 5.32 Å². The summed E-state index contributed by atoms with van der Waals surface area (Å²) >= 11 is 0. The van der Waals surface area contributed by atoms with Gasteiger partial charge in [-0.3, -0.25) is 9.59 Å². The molecule has 1 aromatic rings. The fourth-order valence-corrected chi connectivity index (χ4v) is 2.65. The molecular weight excluding hydrogens is 284 g/mol. The predicted molar refractivity (Wildman–Crippen MR) is 79.3 cm³/mol. The molecule has 0 atom stereocenters. The van der Waals surface area contributed by atoms with Gasteiger partial charge < -0.3 is 14.8 Å². The van der Waals surface area contributed by atoms with Crippen LogP contribution in [0.2, 0.25) is 0 Å². The number of carbonyl (C=O) groups is 2. The van der Waals surface area contributed by atoms with Gasteiger partial charge in [-0.15, -0.1) is 0 Å². The maximum atomic E-state index is 12.4. The maximum absolute atomic E-state index is 12.4. The van der Waals surface area contributed by atoms with Gasteiger partial charge in [-0.1, -0.05) is 0 Å².